The van der Waals surface area contributed by atoms with E-state index in [1.165, 1.54) is 12.8 Å². The van der Waals surface area contributed by atoms with Crippen molar-refractivity contribution in [2.75, 3.05) is 24.5 Å². The molecule has 1 aromatic rings. The molecule has 110 valence electrons. The summed E-state index contributed by atoms with van der Waals surface area (Å²) in [5, 5.41) is 6.17. The van der Waals surface area contributed by atoms with Gasteiger partial charge in [0.15, 0.2) is 5.13 Å². The zero-order valence-electron chi connectivity index (χ0n) is 12.3. The van der Waals surface area contributed by atoms with Gasteiger partial charge in [0.05, 0.1) is 5.69 Å². The Labute approximate surface area is 124 Å². The van der Waals surface area contributed by atoms with E-state index in [0.717, 1.165) is 42.3 Å². The lowest BCUT2D eigenvalue weighted by molar-refractivity contribution is -0.117. The lowest BCUT2D eigenvalue weighted by Gasteiger charge is -2.12. The lowest BCUT2D eigenvalue weighted by Crippen LogP contribution is -2.26. The minimum Gasteiger partial charge on any atom is -0.352 e. The van der Waals surface area contributed by atoms with Crippen LogP contribution in [-0.2, 0) is 11.2 Å². The molecular weight excluding hydrogens is 270 g/mol. The van der Waals surface area contributed by atoms with E-state index in [4.69, 9.17) is 0 Å². The van der Waals surface area contributed by atoms with Crippen LogP contribution in [0.2, 0.25) is 0 Å². The first-order valence-corrected chi connectivity index (χ1v) is 8.23. The fourth-order valence-corrected chi connectivity index (χ4v) is 3.22. The number of nitrogens with zero attached hydrogens (tertiary/aromatic N) is 2. The van der Waals surface area contributed by atoms with Crippen molar-refractivity contribution in [2.45, 2.75) is 39.5 Å². The van der Waals surface area contributed by atoms with Crippen molar-refractivity contribution in [2.24, 2.45) is 0 Å². The fraction of sp³-hybridized carbons (Fsp3) is 0.600. The molecular formula is C15H23N3OS. The number of hydrogen-bond donors (Lipinski definition) is 1. The van der Waals surface area contributed by atoms with E-state index < -0.39 is 0 Å². The van der Waals surface area contributed by atoms with Crippen LogP contribution in [0, 0.1) is 0 Å². The normalized spacial score (nSPS) is 15.7. The molecule has 2 rings (SSSR count). The average Bonchev–Trinajstić information content (AvgIpc) is 3.09. The molecule has 0 aliphatic carbocycles. The predicted octanol–water partition coefficient (Wildman–Crippen LogP) is 2.76. The van der Waals surface area contributed by atoms with Crippen molar-refractivity contribution in [3.63, 3.8) is 0 Å². The fourth-order valence-electron chi connectivity index (χ4n) is 2.31. The Kier molecular flexibility index (Phi) is 5.59. The van der Waals surface area contributed by atoms with Crippen molar-refractivity contribution in [3.8, 4) is 0 Å². The van der Waals surface area contributed by atoms with E-state index in [9.17, 15) is 4.79 Å². The Balaban J connectivity index is 1.77. The van der Waals surface area contributed by atoms with Crippen molar-refractivity contribution < 1.29 is 4.79 Å². The number of thiazole rings is 1. The van der Waals surface area contributed by atoms with E-state index in [0.29, 0.717) is 6.54 Å². The first-order valence-electron chi connectivity index (χ1n) is 7.35. The van der Waals surface area contributed by atoms with Crippen LogP contribution < -0.4 is 10.2 Å². The molecule has 0 radical (unpaired) electrons. The molecule has 2 heterocycles. The third-order valence-corrected chi connectivity index (χ3v) is 4.40. The molecule has 0 bridgehead atoms. The molecule has 1 aromatic heterocycles. The number of allylic oxidation sites excluding steroid dienone is 1. The third-order valence-electron chi connectivity index (χ3n) is 3.45. The molecule has 0 saturated carbocycles. The average molecular weight is 293 g/mol. The van der Waals surface area contributed by atoms with Crippen LogP contribution in [-0.4, -0.2) is 30.5 Å². The summed E-state index contributed by atoms with van der Waals surface area (Å²) in [7, 11) is 0. The van der Waals surface area contributed by atoms with Crippen LogP contribution in [0.4, 0.5) is 5.13 Å². The van der Waals surface area contributed by atoms with Gasteiger partial charge in [-0.05, 0) is 26.2 Å². The summed E-state index contributed by atoms with van der Waals surface area (Å²) in [4.78, 5) is 18.7. The van der Waals surface area contributed by atoms with E-state index in [1.54, 1.807) is 11.3 Å². The van der Waals surface area contributed by atoms with Crippen LogP contribution in [0.5, 0.6) is 0 Å². The number of carbonyl (C=O) groups is 1. The molecule has 5 heteroatoms. The molecule has 4 nitrogen and oxygen atoms in total. The van der Waals surface area contributed by atoms with Gasteiger partial charge in [0.25, 0.3) is 0 Å². The Morgan fingerprint density at radius 1 is 1.50 bits per heavy atom. The number of nitrogens with one attached hydrogen (secondary N) is 1. The van der Waals surface area contributed by atoms with Crippen LogP contribution in [0.1, 0.15) is 38.8 Å². The summed E-state index contributed by atoms with van der Waals surface area (Å²) in [6, 6.07) is 0. The van der Waals surface area contributed by atoms with Gasteiger partial charge < -0.3 is 10.2 Å². The topological polar surface area (TPSA) is 45.2 Å². The second kappa shape index (κ2) is 7.43. The van der Waals surface area contributed by atoms with E-state index in [1.807, 2.05) is 19.9 Å². The zero-order chi connectivity index (χ0) is 14.4. The molecule has 1 amide bonds. The Morgan fingerprint density at radius 2 is 2.25 bits per heavy atom. The summed E-state index contributed by atoms with van der Waals surface area (Å²) >= 11 is 1.71. The van der Waals surface area contributed by atoms with Gasteiger partial charge in [-0.1, -0.05) is 13.0 Å². The van der Waals surface area contributed by atoms with E-state index in [-0.39, 0.29) is 5.91 Å². The van der Waals surface area contributed by atoms with Gasteiger partial charge in [0.1, 0.15) is 0 Å². The maximum atomic E-state index is 11.7. The van der Waals surface area contributed by atoms with Crippen molar-refractivity contribution >= 4 is 22.4 Å². The van der Waals surface area contributed by atoms with Gasteiger partial charge in [-0.25, -0.2) is 4.98 Å². The van der Waals surface area contributed by atoms with Crippen LogP contribution in [0.15, 0.2) is 17.0 Å². The Morgan fingerprint density at radius 3 is 2.95 bits per heavy atom. The standard InChI is InChI=1S/C15H23N3OS/c1-3-6-12(2)14(19)16-8-7-13-11-20-15(17-13)18-9-4-5-10-18/h6,11H,3-5,7-10H2,1-2H3,(H,16,19)/b12-6+. The number of aromatic nitrogens is 1. The smallest absolute Gasteiger partial charge is 0.246 e. The number of anilines is 1. The molecule has 1 aliphatic rings. The maximum absolute atomic E-state index is 11.7. The molecule has 0 aromatic carbocycles. The molecule has 1 fully saturated rings. The predicted molar refractivity (Wildman–Crippen MR) is 84.3 cm³/mol. The maximum Gasteiger partial charge on any atom is 0.246 e. The molecule has 0 spiro atoms. The van der Waals surface area contributed by atoms with Crippen molar-refractivity contribution in [1.82, 2.24) is 10.3 Å². The molecule has 1 aliphatic heterocycles. The third kappa shape index (κ3) is 4.07. The van der Waals surface area contributed by atoms with Crippen LogP contribution in [0.3, 0.4) is 0 Å². The minimum absolute atomic E-state index is 0.0295. The summed E-state index contributed by atoms with van der Waals surface area (Å²) in [5.74, 6) is 0.0295. The van der Waals surface area contributed by atoms with Crippen LogP contribution >= 0.6 is 11.3 Å². The number of carbonyl (C=O) groups excluding carboxylic acids is 1. The summed E-state index contributed by atoms with van der Waals surface area (Å²) in [5.41, 5.74) is 1.87. The highest BCUT2D eigenvalue weighted by Crippen LogP contribution is 2.24. The second-order valence-electron chi connectivity index (χ2n) is 5.12. The Bertz CT molecular complexity index is 475. The number of amides is 1. The molecule has 1 saturated heterocycles. The molecule has 0 unspecified atom stereocenters. The quantitative estimate of drug-likeness (QED) is 0.820. The Hall–Kier alpha value is -1.36. The van der Waals surface area contributed by atoms with Gasteiger partial charge >= 0.3 is 0 Å². The number of rotatable bonds is 6. The summed E-state index contributed by atoms with van der Waals surface area (Å²) < 4.78 is 0. The van der Waals surface area contributed by atoms with Gasteiger partial charge in [-0.3, -0.25) is 4.79 Å². The zero-order valence-corrected chi connectivity index (χ0v) is 13.1. The van der Waals surface area contributed by atoms with Crippen molar-refractivity contribution in [3.05, 3.63) is 22.7 Å². The van der Waals surface area contributed by atoms with Gasteiger partial charge in [-0.2, -0.15) is 0 Å². The van der Waals surface area contributed by atoms with E-state index in [2.05, 4.69) is 20.6 Å². The second-order valence-corrected chi connectivity index (χ2v) is 5.95. The molecule has 0 atom stereocenters. The molecule has 20 heavy (non-hydrogen) atoms. The van der Waals surface area contributed by atoms with Gasteiger partial charge in [0.2, 0.25) is 5.91 Å². The van der Waals surface area contributed by atoms with E-state index >= 15 is 0 Å². The van der Waals surface area contributed by atoms with Crippen molar-refractivity contribution in [1.29, 1.82) is 0 Å². The highest BCUT2D eigenvalue weighted by atomic mass is 32.1. The van der Waals surface area contributed by atoms with Gasteiger partial charge in [0, 0.05) is 37.0 Å². The first kappa shape index (κ1) is 15.0. The minimum atomic E-state index is 0.0295. The monoisotopic (exact) mass is 293 g/mol. The van der Waals surface area contributed by atoms with Crippen LogP contribution in [0.25, 0.3) is 0 Å². The summed E-state index contributed by atoms with van der Waals surface area (Å²) in [6.07, 6.45) is 6.19. The highest BCUT2D eigenvalue weighted by molar-refractivity contribution is 7.13. The molecule has 1 N–H and O–H groups in total. The first-order chi connectivity index (χ1) is 9.70. The summed E-state index contributed by atoms with van der Waals surface area (Å²) in [6.45, 7) is 6.80. The number of hydrogen-bond acceptors (Lipinski definition) is 4. The SMILES string of the molecule is CC/C=C(\C)C(=O)NCCc1csc(N2CCCC2)n1. The lowest BCUT2D eigenvalue weighted by atomic mass is 10.2. The highest BCUT2D eigenvalue weighted by Gasteiger charge is 2.15. The largest absolute Gasteiger partial charge is 0.352 e. The van der Waals surface area contributed by atoms with Gasteiger partial charge in [-0.15, -0.1) is 11.3 Å².